The molecule has 2 rings (SSSR count). The Hall–Kier alpha value is -1.89. The molecule has 0 radical (unpaired) electrons. The van der Waals surface area contributed by atoms with E-state index in [-0.39, 0.29) is 11.9 Å². The SMILES string of the molecule is Cn1cc(C(NC(=O)[C@H]2CCCN2)C(=O)O)cn1. The van der Waals surface area contributed by atoms with E-state index in [9.17, 15) is 9.59 Å². The molecule has 1 aromatic heterocycles. The van der Waals surface area contributed by atoms with Crippen LogP contribution in [-0.4, -0.2) is 39.4 Å². The molecule has 0 spiro atoms. The average Bonchev–Trinajstić information content (AvgIpc) is 2.95. The normalized spacial score (nSPS) is 20.6. The van der Waals surface area contributed by atoms with E-state index in [2.05, 4.69) is 15.7 Å². The zero-order valence-electron chi connectivity index (χ0n) is 10.1. The largest absolute Gasteiger partial charge is 0.479 e. The van der Waals surface area contributed by atoms with Crippen LogP contribution in [-0.2, 0) is 16.6 Å². The van der Waals surface area contributed by atoms with E-state index < -0.39 is 12.0 Å². The Balaban J connectivity index is 2.07. The van der Waals surface area contributed by atoms with Gasteiger partial charge in [-0.05, 0) is 19.4 Å². The first-order valence-corrected chi connectivity index (χ1v) is 5.83. The quantitative estimate of drug-likeness (QED) is 0.666. The highest BCUT2D eigenvalue weighted by molar-refractivity contribution is 5.87. The molecule has 1 saturated heterocycles. The first-order chi connectivity index (χ1) is 8.58. The van der Waals surface area contributed by atoms with Crippen molar-refractivity contribution in [2.45, 2.75) is 24.9 Å². The summed E-state index contributed by atoms with van der Waals surface area (Å²) in [5.74, 6) is -1.36. The smallest absolute Gasteiger partial charge is 0.331 e. The summed E-state index contributed by atoms with van der Waals surface area (Å²) >= 11 is 0. The van der Waals surface area contributed by atoms with Gasteiger partial charge in [-0.2, -0.15) is 5.10 Å². The molecule has 0 bridgehead atoms. The standard InChI is InChI=1S/C11H16N4O3/c1-15-6-7(5-13-15)9(11(17)18)14-10(16)8-3-2-4-12-8/h5-6,8-9,12H,2-4H2,1H3,(H,14,16)(H,17,18)/t8-,9?/m1/s1. The Morgan fingerprint density at radius 2 is 2.44 bits per heavy atom. The number of aromatic nitrogens is 2. The minimum absolute atomic E-state index is 0.274. The Labute approximate surface area is 104 Å². The van der Waals surface area contributed by atoms with E-state index in [0.717, 1.165) is 19.4 Å². The fourth-order valence-electron chi connectivity index (χ4n) is 2.03. The predicted molar refractivity (Wildman–Crippen MR) is 62.8 cm³/mol. The molecule has 1 aliphatic rings. The summed E-state index contributed by atoms with van der Waals surface area (Å²) in [7, 11) is 1.70. The molecule has 3 N–H and O–H groups in total. The minimum Gasteiger partial charge on any atom is -0.479 e. The Morgan fingerprint density at radius 1 is 1.67 bits per heavy atom. The van der Waals surface area contributed by atoms with Gasteiger partial charge in [0.1, 0.15) is 0 Å². The van der Waals surface area contributed by atoms with Crippen molar-refractivity contribution >= 4 is 11.9 Å². The molecule has 18 heavy (non-hydrogen) atoms. The molecule has 1 amide bonds. The third-order valence-corrected chi connectivity index (χ3v) is 2.97. The van der Waals surface area contributed by atoms with Crippen LogP contribution in [0.4, 0.5) is 0 Å². The zero-order chi connectivity index (χ0) is 13.1. The summed E-state index contributed by atoms with van der Waals surface area (Å²) in [5.41, 5.74) is 0.469. The number of hydrogen-bond acceptors (Lipinski definition) is 4. The second-order valence-corrected chi connectivity index (χ2v) is 4.38. The molecule has 0 aromatic carbocycles. The number of carbonyl (C=O) groups is 2. The van der Waals surface area contributed by atoms with Crippen LogP contribution < -0.4 is 10.6 Å². The highest BCUT2D eigenvalue weighted by Gasteiger charge is 2.28. The van der Waals surface area contributed by atoms with Gasteiger partial charge in [0, 0.05) is 18.8 Å². The van der Waals surface area contributed by atoms with Crippen molar-refractivity contribution in [1.29, 1.82) is 0 Å². The number of aliphatic carboxylic acids is 1. The van der Waals surface area contributed by atoms with Crippen molar-refractivity contribution in [2.24, 2.45) is 7.05 Å². The van der Waals surface area contributed by atoms with E-state index in [1.54, 1.807) is 13.2 Å². The summed E-state index contributed by atoms with van der Waals surface area (Å²) in [5, 5.41) is 18.6. The van der Waals surface area contributed by atoms with Crippen molar-refractivity contribution in [2.75, 3.05) is 6.54 Å². The van der Waals surface area contributed by atoms with Crippen LogP contribution in [0.5, 0.6) is 0 Å². The predicted octanol–water partition coefficient (Wildman–Crippen LogP) is -0.586. The van der Waals surface area contributed by atoms with Crippen molar-refractivity contribution in [3.63, 3.8) is 0 Å². The fourth-order valence-corrected chi connectivity index (χ4v) is 2.03. The molecule has 98 valence electrons. The van der Waals surface area contributed by atoms with Crippen molar-refractivity contribution in [1.82, 2.24) is 20.4 Å². The number of carboxylic acid groups (broad SMARTS) is 1. The Bertz CT molecular complexity index is 451. The van der Waals surface area contributed by atoms with Gasteiger partial charge >= 0.3 is 5.97 Å². The Morgan fingerprint density at radius 3 is 2.94 bits per heavy atom. The number of amides is 1. The monoisotopic (exact) mass is 252 g/mol. The maximum absolute atomic E-state index is 11.9. The number of nitrogens with zero attached hydrogens (tertiary/aromatic N) is 2. The molecule has 2 atom stereocenters. The number of nitrogens with one attached hydrogen (secondary N) is 2. The van der Waals surface area contributed by atoms with E-state index in [1.807, 2.05) is 0 Å². The lowest BCUT2D eigenvalue weighted by molar-refractivity contribution is -0.142. The molecule has 1 aromatic rings. The van der Waals surface area contributed by atoms with Gasteiger partial charge in [-0.25, -0.2) is 4.79 Å². The van der Waals surface area contributed by atoms with Gasteiger partial charge in [0.15, 0.2) is 6.04 Å². The molecule has 2 heterocycles. The lowest BCUT2D eigenvalue weighted by atomic mass is 10.1. The second-order valence-electron chi connectivity index (χ2n) is 4.38. The number of hydrogen-bond donors (Lipinski definition) is 3. The highest BCUT2D eigenvalue weighted by Crippen LogP contribution is 2.13. The van der Waals surface area contributed by atoms with Crippen LogP contribution >= 0.6 is 0 Å². The van der Waals surface area contributed by atoms with Crippen LogP contribution in [0.1, 0.15) is 24.4 Å². The van der Waals surface area contributed by atoms with E-state index in [0.29, 0.717) is 5.56 Å². The van der Waals surface area contributed by atoms with Crippen molar-refractivity contribution in [3.05, 3.63) is 18.0 Å². The van der Waals surface area contributed by atoms with Gasteiger partial charge in [0.2, 0.25) is 5.91 Å². The molecule has 1 aliphatic heterocycles. The van der Waals surface area contributed by atoms with Crippen LogP contribution in [0.15, 0.2) is 12.4 Å². The summed E-state index contributed by atoms with van der Waals surface area (Å²) in [6.07, 6.45) is 4.70. The third kappa shape index (κ3) is 2.67. The van der Waals surface area contributed by atoms with E-state index >= 15 is 0 Å². The topological polar surface area (TPSA) is 96.2 Å². The number of aryl methyl sites for hydroxylation is 1. The molecular weight excluding hydrogens is 236 g/mol. The minimum atomic E-state index is -1.09. The first kappa shape index (κ1) is 12.6. The number of rotatable bonds is 4. The van der Waals surface area contributed by atoms with Gasteiger partial charge < -0.3 is 15.7 Å². The van der Waals surface area contributed by atoms with Crippen molar-refractivity contribution in [3.8, 4) is 0 Å². The number of carbonyl (C=O) groups excluding carboxylic acids is 1. The van der Waals surface area contributed by atoms with Gasteiger partial charge in [-0.15, -0.1) is 0 Å². The summed E-state index contributed by atoms with van der Waals surface area (Å²) < 4.78 is 1.51. The average molecular weight is 252 g/mol. The summed E-state index contributed by atoms with van der Waals surface area (Å²) in [6, 6.07) is -1.34. The molecule has 1 fully saturated rings. The van der Waals surface area contributed by atoms with Gasteiger partial charge in [0.05, 0.1) is 12.2 Å². The van der Waals surface area contributed by atoms with E-state index in [4.69, 9.17) is 5.11 Å². The molecule has 0 saturated carbocycles. The zero-order valence-corrected chi connectivity index (χ0v) is 10.1. The molecule has 0 aliphatic carbocycles. The van der Waals surface area contributed by atoms with Crippen molar-refractivity contribution < 1.29 is 14.7 Å². The molecular formula is C11H16N4O3. The summed E-state index contributed by atoms with van der Waals surface area (Å²) in [6.45, 7) is 0.794. The maximum atomic E-state index is 11.9. The molecule has 7 nitrogen and oxygen atoms in total. The van der Waals surface area contributed by atoms with Gasteiger partial charge in [-0.1, -0.05) is 0 Å². The van der Waals surface area contributed by atoms with Crippen LogP contribution in [0, 0.1) is 0 Å². The van der Waals surface area contributed by atoms with Crippen LogP contribution in [0.3, 0.4) is 0 Å². The second kappa shape index (κ2) is 5.18. The van der Waals surface area contributed by atoms with E-state index in [1.165, 1.54) is 10.9 Å². The number of carboxylic acids is 1. The molecule has 7 heteroatoms. The highest BCUT2D eigenvalue weighted by atomic mass is 16.4. The Kier molecular flexibility index (Phi) is 3.61. The van der Waals surface area contributed by atoms with Crippen LogP contribution in [0.25, 0.3) is 0 Å². The third-order valence-electron chi connectivity index (χ3n) is 2.97. The fraction of sp³-hybridized carbons (Fsp3) is 0.545. The maximum Gasteiger partial charge on any atom is 0.331 e. The lowest BCUT2D eigenvalue weighted by Crippen LogP contribution is -2.44. The molecule has 1 unspecified atom stereocenters. The van der Waals surface area contributed by atoms with Crippen LogP contribution in [0.2, 0.25) is 0 Å². The first-order valence-electron chi connectivity index (χ1n) is 5.83. The van der Waals surface area contributed by atoms with Gasteiger partial charge in [0.25, 0.3) is 0 Å². The lowest BCUT2D eigenvalue weighted by Gasteiger charge is -2.16. The summed E-state index contributed by atoms with van der Waals surface area (Å²) in [4.78, 5) is 23.1. The van der Waals surface area contributed by atoms with Gasteiger partial charge in [-0.3, -0.25) is 9.48 Å².